The van der Waals surface area contributed by atoms with Crippen molar-refractivity contribution in [2.24, 2.45) is 0 Å². The summed E-state index contributed by atoms with van der Waals surface area (Å²) < 4.78 is 1.11. The largest absolute Gasteiger partial charge is 0.147 e. The predicted molar refractivity (Wildman–Crippen MR) is 72.2 cm³/mol. The van der Waals surface area contributed by atoms with Crippen LogP contribution in [-0.2, 0) is 6.42 Å². The van der Waals surface area contributed by atoms with Crippen LogP contribution in [0.3, 0.4) is 0 Å². The lowest BCUT2D eigenvalue weighted by Crippen LogP contribution is -1.83. The van der Waals surface area contributed by atoms with Crippen molar-refractivity contribution in [2.75, 3.05) is 5.88 Å². The Kier molecular flexibility index (Phi) is 3.95. The third kappa shape index (κ3) is 2.62. The average Bonchev–Trinajstić information content (AvgIpc) is 2.71. The van der Waals surface area contributed by atoms with Gasteiger partial charge in [0.05, 0.1) is 0 Å². The zero-order valence-electron chi connectivity index (χ0n) is 8.70. The molecule has 0 bridgehead atoms. The number of hydrogen-bond acceptors (Lipinski definition) is 3. The summed E-state index contributed by atoms with van der Waals surface area (Å²) in [5, 5.41) is 10.2. The molecule has 2 aromatic rings. The molecule has 0 saturated heterocycles. The second-order valence-electron chi connectivity index (χ2n) is 3.40. The van der Waals surface area contributed by atoms with Crippen LogP contribution in [0.15, 0.2) is 22.7 Å². The summed E-state index contributed by atoms with van der Waals surface area (Å²) in [6.45, 7) is 2.06. The van der Waals surface area contributed by atoms with Gasteiger partial charge in [-0.2, -0.15) is 0 Å². The minimum absolute atomic E-state index is 0.591. The van der Waals surface area contributed by atoms with Gasteiger partial charge >= 0.3 is 0 Å². The van der Waals surface area contributed by atoms with E-state index >= 15 is 0 Å². The molecule has 5 heteroatoms. The summed E-state index contributed by atoms with van der Waals surface area (Å²) in [5.74, 6) is 0.591. The molecule has 0 aliphatic heterocycles. The maximum Gasteiger partial charge on any atom is 0.147 e. The highest BCUT2D eigenvalue weighted by molar-refractivity contribution is 9.10. The Labute approximate surface area is 112 Å². The van der Waals surface area contributed by atoms with Gasteiger partial charge in [0, 0.05) is 22.3 Å². The summed E-state index contributed by atoms with van der Waals surface area (Å²) in [7, 11) is 0. The lowest BCUT2D eigenvalue weighted by molar-refractivity contribution is 0.990. The zero-order chi connectivity index (χ0) is 11.5. The van der Waals surface area contributed by atoms with E-state index in [0.29, 0.717) is 5.88 Å². The number of nitrogens with zero attached hydrogens (tertiary/aromatic N) is 2. The lowest BCUT2D eigenvalue weighted by Gasteiger charge is -1.99. The van der Waals surface area contributed by atoms with Crippen LogP contribution in [0.25, 0.3) is 10.6 Å². The summed E-state index contributed by atoms with van der Waals surface area (Å²) in [4.78, 5) is 0. The molecular formula is C11H10BrClN2S. The van der Waals surface area contributed by atoms with Gasteiger partial charge in [-0.1, -0.05) is 33.3 Å². The minimum Gasteiger partial charge on any atom is -0.143 e. The summed E-state index contributed by atoms with van der Waals surface area (Å²) in [6, 6.07) is 6.18. The lowest BCUT2D eigenvalue weighted by atomic mass is 10.1. The predicted octanol–water partition coefficient (Wildman–Crippen LogP) is 4.06. The number of aromatic nitrogens is 2. The van der Waals surface area contributed by atoms with E-state index in [1.165, 1.54) is 5.56 Å². The Hall–Kier alpha value is -0.450. The SMILES string of the molecule is Cc1cc(-c2nnc(CCCl)s2)ccc1Br. The van der Waals surface area contributed by atoms with Crippen LogP contribution in [0.4, 0.5) is 0 Å². The summed E-state index contributed by atoms with van der Waals surface area (Å²) >= 11 is 10.8. The van der Waals surface area contributed by atoms with Crippen LogP contribution < -0.4 is 0 Å². The van der Waals surface area contributed by atoms with Gasteiger partial charge in [0.15, 0.2) is 0 Å². The molecule has 0 saturated carbocycles. The highest BCUT2D eigenvalue weighted by atomic mass is 79.9. The molecular weight excluding hydrogens is 308 g/mol. The van der Waals surface area contributed by atoms with Gasteiger partial charge in [0.1, 0.15) is 10.0 Å². The quantitative estimate of drug-likeness (QED) is 0.798. The van der Waals surface area contributed by atoms with Gasteiger partial charge in [0.25, 0.3) is 0 Å². The Morgan fingerprint density at radius 1 is 1.38 bits per heavy atom. The monoisotopic (exact) mass is 316 g/mol. The molecule has 0 spiro atoms. The van der Waals surface area contributed by atoms with E-state index in [2.05, 4.69) is 39.1 Å². The Morgan fingerprint density at radius 3 is 2.88 bits per heavy atom. The smallest absolute Gasteiger partial charge is 0.143 e. The zero-order valence-corrected chi connectivity index (χ0v) is 11.9. The second kappa shape index (κ2) is 5.25. The molecule has 1 aromatic carbocycles. The van der Waals surface area contributed by atoms with Crippen molar-refractivity contribution in [3.63, 3.8) is 0 Å². The van der Waals surface area contributed by atoms with Crippen LogP contribution in [0, 0.1) is 6.92 Å². The summed E-state index contributed by atoms with van der Waals surface area (Å²) in [5.41, 5.74) is 2.31. The fourth-order valence-corrected chi connectivity index (χ4v) is 2.70. The fourth-order valence-electron chi connectivity index (χ4n) is 1.33. The Morgan fingerprint density at radius 2 is 2.19 bits per heavy atom. The number of benzene rings is 1. The normalized spacial score (nSPS) is 10.7. The summed E-state index contributed by atoms with van der Waals surface area (Å²) in [6.07, 6.45) is 0.786. The van der Waals surface area contributed by atoms with Crippen LogP contribution >= 0.6 is 38.9 Å². The molecule has 0 unspecified atom stereocenters. The molecule has 84 valence electrons. The van der Waals surface area contributed by atoms with Crippen LogP contribution in [-0.4, -0.2) is 16.1 Å². The topological polar surface area (TPSA) is 25.8 Å². The van der Waals surface area contributed by atoms with Gasteiger partial charge in [-0.15, -0.1) is 21.8 Å². The molecule has 16 heavy (non-hydrogen) atoms. The molecule has 0 aliphatic rings. The first kappa shape index (κ1) is 12.0. The molecule has 0 amide bonds. The molecule has 0 fully saturated rings. The van der Waals surface area contributed by atoms with Gasteiger partial charge in [-0.25, -0.2) is 0 Å². The van der Waals surface area contributed by atoms with Gasteiger partial charge in [-0.05, 0) is 24.6 Å². The first-order valence-corrected chi connectivity index (χ1v) is 7.00. The van der Waals surface area contributed by atoms with Crippen molar-refractivity contribution in [2.45, 2.75) is 13.3 Å². The van der Waals surface area contributed by atoms with Gasteiger partial charge in [0.2, 0.25) is 0 Å². The first-order chi connectivity index (χ1) is 7.70. The highest BCUT2D eigenvalue weighted by Gasteiger charge is 2.07. The van der Waals surface area contributed by atoms with Crippen molar-refractivity contribution < 1.29 is 0 Å². The molecule has 0 N–H and O–H groups in total. The average molecular weight is 318 g/mol. The number of hydrogen-bond donors (Lipinski definition) is 0. The molecule has 0 atom stereocenters. The molecule has 1 heterocycles. The van der Waals surface area contributed by atoms with Crippen LogP contribution in [0.5, 0.6) is 0 Å². The van der Waals surface area contributed by atoms with Crippen molar-refractivity contribution in [1.29, 1.82) is 0 Å². The van der Waals surface area contributed by atoms with E-state index < -0.39 is 0 Å². The number of alkyl halides is 1. The minimum atomic E-state index is 0.591. The molecule has 1 aromatic heterocycles. The first-order valence-electron chi connectivity index (χ1n) is 4.85. The number of rotatable bonds is 3. The second-order valence-corrected chi connectivity index (χ2v) is 5.70. The Bertz CT molecular complexity index is 498. The fraction of sp³-hybridized carbons (Fsp3) is 0.273. The van der Waals surface area contributed by atoms with Gasteiger partial charge < -0.3 is 0 Å². The van der Waals surface area contributed by atoms with Crippen molar-refractivity contribution >= 4 is 38.9 Å². The van der Waals surface area contributed by atoms with Crippen molar-refractivity contribution in [3.8, 4) is 10.6 Å². The molecule has 2 nitrogen and oxygen atoms in total. The van der Waals surface area contributed by atoms with Crippen LogP contribution in [0.1, 0.15) is 10.6 Å². The van der Waals surface area contributed by atoms with Crippen LogP contribution in [0.2, 0.25) is 0 Å². The molecule has 0 aliphatic carbocycles. The number of halogens is 2. The van der Waals surface area contributed by atoms with Crippen molar-refractivity contribution in [1.82, 2.24) is 10.2 Å². The van der Waals surface area contributed by atoms with Crippen molar-refractivity contribution in [3.05, 3.63) is 33.2 Å². The van der Waals surface area contributed by atoms with E-state index in [1.807, 2.05) is 12.1 Å². The number of aryl methyl sites for hydroxylation is 2. The highest BCUT2D eigenvalue weighted by Crippen LogP contribution is 2.27. The van der Waals surface area contributed by atoms with E-state index in [9.17, 15) is 0 Å². The van der Waals surface area contributed by atoms with E-state index in [0.717, 1.165) is 26.5 Å². The van der Waals surface area contributed by atoms with Gasteiger partial charge in [-0.3, -0.25) is 0 Å². The maximum atomic E-state index is 5.67. The Balaban J connectivity index is 2.31. The third-order valence-corrected chi connectivity index (χ3v) is 4.29. The van der Waals surface area contributed by atoms with E-state index in [4.69, 9.17) is 11.6 Å². The molecule has 2 rings (SSSR count). The molecule has 0 radical (unpaired) electrons. The van der Waals surface area contributed by atoms with E-state index in [-0.39, 0.29) is 0 Å². The third-order valence-electron chi connectivity index (χ3n) is 2.18. The maximum absolute atomic E-state index is 5.67. The standard InChI is InChI=1S/C11H10BrClN2S/c1-7-6-8(2-3-9(7)12)11-15-14-10(16-11)4-5-13/h2-3,6H,4-5H2,1H3. The van der Waals surface area contributed by atoms with E-state index in [1.54, 1.807) is 11.3 Å².